The zero-order valence-corrected chi connectivity index (χ0v) is 12.7. The summed E-state index contributed by atoms with van der Waals surface area (Å²) in [6, 6.07) is 7.46. The highest BCUT2D eigenvalue weighted by Crippen LogP contribution is 2.36. The summed E-state index contributed by atoms with van der Waals surface area (Å²) in [4.78, 5) is 37.5. The largest absolute Gasteiger partial charge is 0.347 e. The molecule has 0 fully saturated rings. The first-order chi connectivity index (χ1) is 9.97. The van der Waals surface area contributed by atoms with Gasteiger partial charge in [-0.3, -0.25) is 14.4 Å². The fraction of sp³-hybridized carbons (Fsp3) is 0.357. The molecule has 0 unspecified atom stereocenters. The molecule has 2 rings (SSSR count). The Bertz CT molecular complexity index is 574. The lowest BCUT2D eigenvalue weighted by Crippen LogP contribution is -2.39. The number of nitrogens with one attached hydrogen (secondary N) is 2. The molecular formula is C14H17N3O3S. The third kappa shape index (κ3) is 3.98. The first-order valence-corrected chi connectivity index (χ1v) is 7.38. The summed E-state index contributed by atoms with van der Waals surface area (Å²) < 4.78 is 0. The van der Waals surface area contributed by atoms with Crippen LogP contribution in [-0.4, -0.2) is 48.5 Å². The van der Waals surface area contributed by atoms with E-state index in [1.54, 1.807) is 14.1 Å². The summed E-state index contributed by atoms with van der Waals surface area (Å²) in [5.41, 5.74) is 0.770. The van der Waals surface area contributed by atoms with Crippen LogP contribution >= 0.6 is 11.8 Å². The van der Waals surface area contributed by atoms with Crippen LogP contribution in [0.2, 0.25) is 0 Å². The zero-order valence-electron chi connectivity index (χ0n) is 11.9. The molecule has 0 spiro atoms. The predicted octanol–water partition coefficient (Wildman–Crippen LogP) is 0.694. The number of carbonyl (C=O) groups is 3. The fourth-order valence-corrected chi connectivity index (χ4v) is 2.91. The molecule has 112 valence electrons. The Kier molecular flexibility index (Phi) is 4.85. The van der Waals surface area contributed by atoms with Gasteiger partial charge in [0.2, 0.25) is 17.7 Å². The van der Waals surface area contributed by atoms with E-state index in [2.05, 4.69) is 10.6 Å². The van der Waals surface area contributed by atoms with Crippen molar-refractivity contribution in [1.82, 2.24) is 10.2 Å². The van der Waals surface area contributed by atoms with Crippen molar-refractivity contribution in [3.63, 3.8) is 0 Å². The number of carbonyl (C=O) groups excluding carboxylic acids is 3. The van der Waals surface area contributed by atoms with Gasteiger partial charge in [-0.2, -0.15) is 0 Å². The molecular weight excluding hydrogens is 290 g/mol. The number of likely N-dealkylation sites (N-methyl/N-ethyl adjacent to an activating group) is 1. The summed E-state index contributed by atoms with van der Waals surface area (Å²) in [6.07, 6.45) is 0.0472. The average molecular weight is 307 g/mol. The lowest BCUT2D eigenvalue weighted by Gasteiger charge is -2.23. The first kappa shape index (κ1) is 15.4. The lowest BCUT2D eigenvalue weighted by molar-refractivity contribution is -0.131. The van der Waals surface area contributed by atoms with Crippen molar-refractivity contribution in [2.24, 2.45) is 0 Å². The maximum Gasteiger partial charge on any atom is 0.241 e. The van der Waals surface area contributed by atoms with Gasteiger partial charge in [0.1, 0.15) is 0 Å². The van der Waals surface area contributed by atoms with Crippen LogP contribution in [0.4, 0.5) is 5.69 Å². The minimum absolute atomic E-state index is 0.0472. The van der Waals surface area contributed by atoms with Gasteiger partial charge in [0.05, 0.1) is 17.5 Å². The van der Waals surface area contributed by atoms with Gasteiger partial charge in [-0.05, 0) is 12.1 Å². The van der Waals surface area contributed by atoms with Crippen LogP contribution in [-0.2, 0) is 14.4 Å². The van der Waals surface area contributed by atoms with Crippen molar-refractivity contribution in [2.75, 3.05) is 26.0 Å². The van der Waals surface area contributed by atoms with Crippen LogP contribution in [0.3, 0.4) is 0 Å². The number of hydrogen-bond acceptors (Lipinski definition) is 4. The van der Waals surface area contributed by atoms with E-state index >= 15 is 0 Å². The van der Waals surface area contributed by atoms with E-state index in [1.165, 1.54) is 16.7 Å². The van der Waals surface area contributed by atoms with Crippen molar-refractivity contribution in [2.45, 2.75) is 16.6 Å². The Labute approximate surface area is 127 Å². The smallest absolute Gasteiger partial charge is 0.241 e. The fourth-order valence-electron chi connectivity index (χ4n) is 1.80. The van der Waals surface area contributed by atoms with E-state index in [0.29, 0.717) is 0 Å². The molecule has 1 aromatic carbocycles. The molecule has 0 radical (unpaired) electrons. The van der Waals surface area contributed by atoms with Crippen LogP contribution < -0.4 is 10.6 Å². The standard InChI is InChI=1S/C14H17N3O3S/c1-17(2)13(19)8-15-12(18)7-11-14(20)16-9-5-3-4-6-10(9)21-11/h3-6,11H,7-8H2,1-2H3,(H,15,18)(H,16,20)/t11-/m1/s1. The van der Waals surface area contributed by atoms with Crippen molar-refractivity contribution in [3.05, 3.63) is 24.3 Å². The van der Waals surface area contributed by atoms with E-state index in [9.17, 15) is 14.4 Å². The molecule has 0 bridgehead atoms. The first-order valence-electron chi connectivity index (χ1n) is 6.51. The molecule has 1 heterocycles. The van der Waals surface area contributed by atoms with Crippen molar-refractivity contribution in [1.29, 1.82) is 0 Å². The molecule has 0 aliphatic carbocycles. The van der Waals surface area contributed by atoms with Gasteiger partial charge >= 0.3 is 0 Å². The second-order valence-electron chi connectivity index (χ2n) is 4.86. The molecule has 7 heteroatoms. The number of benzene rings is 1. The van der Waals surface area contributed by atoms with Gasteiger partial charge < -0.3 is 15.5 Å². The molecule has 1 atom stereocenters. The zero-order chi connectivity index (χ0) is 15.4. The highest BCUT2D eigenvalue weighted by atomic mass is 32.2. The minimum Gasteiger partial charge on any atom is -0.347 e. The molecule has 3 amide bonds. The van der Waals surface area contributed by atoms with Crippen LogP contribution in [0, 0.1) is 0 Å². The number of amides is 3. The Balaban J connectivity index is 1.90. The lowest BCUT2D eigenvalue weighted by atomic mass is 10.2. The van der Waals surface area contributed by atoms with Gasteiger partial charge in [-0.15, -0.1) is 11.8 Å². The summed E-state index contributed by atoms with van der Waals surface area (Å²) in [5, 5.41) is 4.84. The van der Waals surface area contributed by atoms with Gasteiger partial charge in [0.25, 0.3) is 0 Å². The molecule has 1 aromatic rings. The third-order valence-electron chi connectivity index (χ3n) is 3.01. The van der Waals surface area contributed by atoms with Crippen LogP contribution in [0.25, 0.3) is 0 Å². The summed E-state index contributed by atoms with van der Waals surface area (Å²) in [6.45, 7) is -0.0541. The third-order valence-corrected chi connectivity index (χ3v) is 4.29. The topological polar surface area (TPSA) is 78.5 Å². The van der Waals surface area contributed by atoms with E-state index in [-0.39, 0.29) is 30.7 Å². The Morgan fingerprint density at radius 1 is 1.33 bits per heavy atom. The van der Waals surface area contributed by atoms with Gasteiger partial charge in [0.15, 0.2) is 0 Å². The van der Waals surface area contributed by atoms with Gasteiger partial charge in [-0.1, -0.05) is 12.1 Å². The quantitative estimate of drug-likeness (QED) is 0.858. The number of nitrogens with zero attached hydrogens (tertiary/aromatic N) is 1. The SMILES string of the molecule is CN(C)C(=O)CNC(=O)C[C@H]1Sc2ccccc2NC1=O. The molecule has 1 aliphatic heterocycles. The number of thioether (sulfide) groups is 1. The molecule has 21 heavy (non-hydrogen) atoms. The maximum atomic E-state index is 12.0. The summed E-state index contributed by atoms with van der Waals surface area (Å²) in [7, 11) is 3.24. The number of rotatable bonds is 4. The summed E-state index contributed by atoms with van der Waals surface area (Å²) >= 11 is 1.37. The number of para-hydroxylation sites is 1. The monoisotopic (exact) mass is 307 g/mol. The molecule has 0 aromatic heterocycles. The second-order valence-corrected chi connectivity index (χ2v) is 6.11. The highest BCUT2D eigenvalue weighted by Gasteiger charge is 2.28. The van der Waals surface area contributed by atoms with E-state index in [4.69, 9.17) is 0 Å². The normalized spacial score (nSPS) is 16.7. The van der Waals surface area contributed by atoms with Gasteiger partial charge in [-0.25, -0.2) is 0 Å². The second kappa shape index (κ2) is 6.62. The maximum absolute atomic E-state index is 12.0. The highest BCUT2D eigenvalue weighted by molar-refractivity contribution is 8.01. The Hall–Kier alpha value is -2.02. The number of hydrogen-bond donors (Lipinski definition) is 2. The number of fused-ring (bicyclic) bond motifs is 1. The number of anilines is 1. The average Bonchev–Trinajstić information content (AvgIpc) is 2.45. The van der Waals surface area contributed by atoms with E-state index in [0.717, 1.165) is 10.6 Å². The molecule has 1 aliphatic rings. The van der Waals surface area contributed by atoms with Gasteiger partial charge in [0, 0.05) is 25.4 Å². The van der Waals surface area contributed by atoms with E-state index in [1.807, 2.05) is 24.3 Å². The van der Waals surface area contributed by atoms with Crippen molar-refractivity contribution >= 4 is 35.2 Å². The van der Waals surface area contributed by atoms with Crippen LogP contribution in [0.15, 0.2) is 29.2 Å². The molecule has 0 saturated heterocycles. The minimum atomic E-state index is -0.477. The van der Waals surface area contributed by atoms with Crippen LogP contribution in [0.1, 0.15) is 6.42 Å². The van der Waals surface area contributed by atoms with Crippen LogP contribution in [0.5, 0.6) is 0 Å². The predicted molar refractivity (Wildman–Crippen MR) is 81.0 cm³/mol. The summed E-state index contributed by atoms with van der Waals surface area (Å²) in [5.74, 6) is -0.681. The Morgan fingerprint density at radius 2 is 2.05 bits per heavy atom. The van der Waals surface area contributed by atoms with E-state index < -0.39 is 5.25 Å². The van der Waals surface area contributed by atoms with Crippen molar-refractivity contribution < 1.29 is 14.4 Å². The molecule has 2 N–H and O–H groups in total. The van der Waals surface area contributed by atoms with Crippen molar-refractivity contribution in [3.8, 4) is 0 Å². The molecule has 6 nitrogen and oxygen atoms in total. The molecule has 0 saturated carbocycles. The Morgan fingerprint density at radius 3 is 2.76 bits per heavy atom.